The lowest BCUT2D eigenvalue weighted by Crippen LogP contribution is -2.23. The van der Waals surface area contributed by atoms with Gasteiger partial charge in [0.2, 0.25) is 5.60 Å². The molecule has 0 spiro atoms. The summed E-state index contributed by atoms with van der Waals surface area (Å²) in [5.41, 5.74) is 1.21. The molecule has 1 aromatic carbocycles. The number of carbonyl (C=O) groups excluding carboxylic acids is 1. The zero-order valence-electron chi connectivity index (χ0n) is 8.24. The fraction of sp³-hybridized carbons (Fsp3) is 0.364. The SMILES string of the molecule is COC(=O)C1(c2ccc(C)cc2)CO1. The van der Waals surface area contributed by atoms with Gasteiger partial charge >= 0.3 is 5.97 Å². The third kappa shape index (κ3) is 1.30. The van der Waals surface area contributed by atoms with Crippen LogP contribution in [0.15, 0.2) is 24.3 Å². The number of epoxide rings is 1. The van der Waals surface area contributed by atoms with Crippen LogP contribution < -0.4 is 0 Å². The fourth-order valence-corrected chi connectivity index (χ4v) is 1.46. The standard InChI is InChI=1S/C11H12O3/c1-8-3-5-9(6-4-8)11(7-14-11)10(12)13-2/h3-6H,7H2,1-2H3. The zero-order valence-corrected chi connectivity index (χ0v) is 8.24. The summed E-state index contributed by atoms with van der Waals surface area (Å²) in [6, 6.07) is 7.72. The smallest absolute Gasteiger partial charge is 0.345 e. The number of rotatable bonds is 2. The molecule has 14 heavy (non-hydrogen) atoms. The van der Waals surface area contributed by atoms with Crippen molar-refractivity contribution in [2.24, 2.45) is 0 Å². The Kier molecular flexibility index (Phi) is 2.04. The summed E-state index contributed by atoms with van der Waals surface area (Å²) in [7, 11) is 1.37. The average molecular weight is 192 g/mol. The second-order valence-electron chi connectivity index (χ2n) is 3.47. The molecule has 74 valence electrons. The number of ether oxygens (including phenoxy) is 2. The third-order valence-electron chi connectivity index (χ3n) is 2.47. The van der Waals surface area contributed by atoms with Crippen LogP contribution in [-0.4, -0.2) is 19.7 Å². The van der Waals surface area contributed by atoms with Crippen LogP contribution >= 0.6 is 0 Å². The van der Waals surface area contributed by atoms with Crippen molar-refractivity contribution < 1.29 is 14.3 Å². The summed E-state index contributed by atoms with van der Waals surface area (Å²) in [6.07, 6.45) is 0. The zero-order chi connectivity index (χ0) is 10.2. The molecule has 0 aromatic heterocycles. The number of esters is 1. The van der Waals surface area contributed by atoms with Gasteiger partial charge in [0, 0.05) is 0 Å². The first-order valence-electron chi connectivity index (χ1n) is 4.48. The largest absolute Gasteiger partial charge is 0.467 e. The summed E-state index contributed by atoms with van der Waals surface area (Å²) < 4.78 is 9.90. The number of hydrogen-bond acceptors (Lipinski definition) is 3. The van der Waals surface area contributed by atoms with Crippen LogP contribution in [0.3, 0.4) is 0 Å². The molecule has 0 bridgehead atoms. The van der Waals surface area contributed by atoms with Crippen molar-refractivity contribution >= 4 is 5.97 Å². The van der Waals surface area contributed by atoms with Crippen molar-refractivity contribution in [1.82, 2.24) is 0 Å². The van der Waals surface area contributed by atoms with Crippen molar-refractivity contribution in [3.63, 3.8) is 0 Å². The highest BCUT2D eigenvalue weighted by atomic mass is 16.6. The van der Waals surface area contributed by atoms with Gasteiger partial charge in [0.1, 0.15) is 0 Å². The summed E-state index contributed by atoms with van der Waals surface area (Å²) in [4.78, 5) is 11.4. The van der Waals surface area contributed by atoms with Crippen molar-refractivity contribution in [3.8, 4) is 0 Å². The van der Waals surface area contributed by atoms with Gasteiger partial charge in [-0.05, 0) is 12.5 Å². The summed E-state index contributed by atoms with van der Waals surface area (Å²) in [5, 5.41) is 0. The number of aryl methyl sites for hydroxylation is 1. The number of carbonyl (C=O) groups is 1. The van der Waals surface area contributed by atoms with Gasteiger partial charge in [-0.2, -0.15) is 0 Å². The molecular formula is C11H12O3. The van der Waals surface area contributed by atoms with Crippen molar-refractivity contribution in [3.05, 3.63) is 35.4 Å². The Bertz CT molecular complexity index is 349. The van der Waals surface area contributed by atoms with Crippen LogP contribution in [0.25, 0.3) is 0 Å². The van der Waals surface area contributed by atoms with Gasteiger partial charge in [-0.3, -0.25) is 0 Å². The molecular weight excluding hydrogens is 180 g/mol. The highest BCUT2D eigenvalue weighted by molar-refractivity contribution is 5.84. The van der Waals surface area contributed by atoms with E-state index in [1.807, 2.05) is 31.2 Å². The van der Waals surface area contributed by atoms with E-state index in [9.17, 15) is 4.79 Å². The lowest BCUT2D eigenvalue weighted by molar-refractivity contribution is -0.147. The Morgan fingerprint density at radius 1 is 1.43 bits per heavy atom. The lowest BCUT2D eigenvalue weighted by atomic mass is 9.99. The molecule has 1 saturated heterocycles. The summed E-state index contributed by atoms with van der Waals surface area (Å²) in [5.74, 6) is -0.318. The molecule has 1 heterocycles. The fourth-order valence-electron chi connectivity index (χ4n) is 1.46. The van der Waals surface area contributed by atoms with Crippen molar-refractivity contribution in [2.45, 2.75) is 12.5 Å². The van der Waals surface area contributed by atoms with E-state index in [0.29, 0.717) is 6.61 Å². The highest BCUT2D eigenvalue weighted by Crippen LogP contribution is 2.39. The predicted molar refractivity (Wildman–Crippen MR) is 50.8 cm³/mol. The Hall–Kier alpha value is -1.35. The topological polar surface area (TPSA) is 38.8 Å². The molecule has 0 radical (unpaired) electrons. The first-order chi connectivity index (χ1) is 6.69. The maximum absolute atomic E-state index is 11.4. The van der Waals surface area contributed by atoms with Crippen LogP contribution in [0.4, 0.5) is 0 Å². The van der Waals surface area contributed by atoms with Crippen LogP contribution in [-0.2, 0) is 19.9 Å². The molecule has 3 heteroatoms. The Labute approximate surface area is 82.6 Å². The minimum atomic E-state index is -0.817. The van der Waals surface area contributed by atoms with E-state index in [-0.39, 0.29) is 5.97 Å². The molecule has 1 atom stereocenters. The van der Waals surface area contributed by atoms with E-state index in [1.54, 1.807) is 0 Å². The van der Waals surface area contributed by atoms with Gasteiger partial charge in [-0.15, -0.1) is 0 Å². The number of benzene rings is 1. The second-order valence-corrected chi connectivity index (χ2v) is 3.47. The van der Waals surface area contributed by atoms with Crippen molar-refractivity contribution in [2.75, 3.05) is 13.7 Å². The first kappa shape index (κ1) is 9.21. The normalized spacial score (nSPS) is 24.4. The Morgan fingerprint density at radius 2 is 2.00 bits per heavy atom. The van der Waals surface area contributed by atoms with Crippen LogP contribution in [0, 0.1) is 6.92 Å². The van der Waals surface area contributed by atoms with Gasteiger partial charge in [-0.1, -0.05) is 29.8 Å². The molecule has 1 aliphatic rings. The molecule has 0 amide bonds. The van der Waals surface area contributed by atoms with Gasteiger partial charge in [0.15, 0.2) is 0 Å². The Morgan fingerprint density at radius 3 is 2.43 bits per heavy atom. The molecule has 1 aliphatic heterocycles. The summed E-state index contributed by atoms with van der Waals surface area (Å²) >= 11 is 0. The minimum absolute atomic E-state index is 0.318. The van der Waals surface area contributed by atoms with E-state index in [4.69, 9.17) is 9.47 Å². The molecule has 0 N–H and O–H groups in total. The van der Waals surface area contributed by atoms with E-state index >= 15 is 0 Å². The second kappa shape index (κ2) is 3.10. The Balaban J connectivity index is 2.31. The maximum Gasteiger partial charge on any atom is 0.345 e. The predicted octanol–water partition coefficient (Wildman–Crippen LogP) is 1.39. The molecule has 1 unspecified atom stereocenters. The quantitative estimate of drug-likeness (QED) is 0.525. The van der Waals surface area contributed by atoms with E-state index in [1.165, 1.54) is 7.11 Å². The van der Waals surface area contributed by atoms with Gasteiger partial charge in [0.05, 0.1) is 13.7 Å². The van der Waals surface area contributed by atoms with Crippen LogP contribution in [0.2, 0.25) is 0 Å². The van der Waals surface area contributed by atoms with Crippen LogP contribution in [0.5, 0.6) is 0 Å². The highest BCUT2D eigenvalue weighted by Gasteiger charge is 2.55. The van der Waals surface area contributed by atoms with E-state index in [2.05, 4.69) is 0 Å². The monoisotopic (exact) mass is 192 g/mol. The molecule has 0 saturated carbocycles. The lowest BCUT2D eigenvalue weighted by Gasteiger charge is -2.09. The van der Waals surface area contributed by atoms with E-state index in [0.717, 1.165) is 11.1 Å². The third-order valence-corrected chi connectivity index (χ3v) is 2.47. The maximum atomic E-state index is 11.4. The molecule has 1 fully saturated rings. The minimum Gasteiger partial charge on any atom is -0.467 e. The summed E-state index contributed by atoms with van der Waals surface area (Å²) in [6.45, 7) is 2.42. The molecule has 1 aromatic rings. The first-order valence-corrected chi connectivity index (χ1v) is 4.48. The molecule has 2 rings (SSSR count). The average Bonchev–Trinajstić information content (AvgIpc) is 2.99. The van der Waals surface area contributed by atoms with Gasteiger partial charge in [0.25, 0.3) is 0 Å². The van der Waals surface area contributed by atoms with Gasteiger partial charge in [-0.25, -0.2) is 4.79 Å². The van der Waals surface area contributed by atoms with E-state index < -0.39 is 5.60 Å². The molecule has 0 aliphatic carbocycles. The number of hydrogen-bond donors (Lipinski definition) is 0. The van der Waals surface area contributed by atoms with Crippen LogP contribution in [0.1, 0.15) is 11.1 Å². The van der Waals surface area contributed by atoms with Gasteiger partial charge < -0.3 is 9.47 Å². The van der Waals surface area contributed by atoms with Crippen molar-refractivity contribution in [1.29, 1.82) is 0 Å². The number of methoxy groups -OCH3 is 1. The molecule has 3 nitrogen and oxygen atoms in total.